The minimum atomic E-state index is -3.63. The number of benzene rings is 1. The molecule has 0 bridgehead atoms. The lowest BCUT2D eigenvalue weighted by molar-refractivity contribution is -0.0806. The van der Waals surface area contributed by atoms with Gasteiger partial charge < -0.3 is 14.6 Å². The number of aryl methyl sites for hydroxylation is 1. The van der Waals surface area contributed by atoms with Crippen molar-refractivity contribution in [1.29, 1.82) is 0 Å². The maximum absolute atomic E-state index is 12.8. The minimum Gasteiger partial charge on any atom is -0.483 e. The van der Waals surface area contributed by atoms with Gasteiger partial charge in [-0.1, -0.05) is 11.6 Å². The van der Waals surface area contributed by atoms with E-state index in [0.29, 0.717) is 19.8 Å². The lowest BCUT2D eigenvalue weighted by Crippen LogP contribution is -2.39. The molecular weight excluding hydrogens is 384 g/mol. The summed E-state index contributed by atoms with van der Waals surface area (Å²) in [5, 5.41) is 2.55. The second-order valence-corrected chi connectivity index (χ2v) is 8.23. The summed E-state index contributed by atoms with van der Waals surface area (Å²) in [6.45, 7) is 2.74. The fourth-order valence-corrected chi connectivity index (χ4v) is 3.67. The van der Waals surface area contributed by atoms with Gasteiger partial charge in [-0.3, -0.25) is 14.3 Å². The molecule has 0 unspecified atom stereocenters. The average molecular weight is 401 g/mol. The van der Waals surface area contributed by atoms with E-state index in [1.807, 2.05) is 0 Å². The van der Waals surface area contributed by atoms with Crippen LogP contribution in [0.5, 0.6) is 5.75 Å². The third-order valence-corrected chi connectivity index (χ3v) is 5.49. The first-order valence-corrected chi connectivity index (χ1v) is 10.1. The summed E-state index contributed by atoms with van der Waals surface area (Å²) in [5.41, 5.74) is -0.567. The van der Waals surface area contributed by atoms with E-state index in [9.17, 15) is 18.0 Å². The number of H-pyrrole nitrogens is 1. The lowest BCUT2D eigenvalue weighted by Gasteiger charge is -2.28. The van der Waals surface area contributed by atoms with Crippen LogP contribution in [0.3, 0.4) is 0 Å². The van der Waals surface area contributed by atoms with Gasteiger partial charge in [0.2, 0.25) is 5.78 Å². The summed E-state index contributed by atoms with van der Waals surface area (Å²) < 4.78 is 36.0. The van der Waals surface area contributed by atoms with Gasteiger partial charge in [0.15, 0.2) is 15.6 Å². The molecular formula is C16H17ClN2O6S. The zero-order valence-corrected chi connectivity index (χ0v) is 15.7. The predicted molar refractivity (Wildman–Crippen MR) is 94.0 cm³/mol. The lowest BCUT2D eigenvalue weighted by atomic mass is 10.1. The molecule has 8 nitrogen and oxygen atoms in total. The van der Waals surface area contributed by atoms with Crippen molar-refractivity contribution in [2.75, 3.05) is 19.5 Å². The van der Waals surface area contributed by atoms with E-state index in [1.54, 1.807) is 6.92 Å². The van der Waals surface area contributed by atoms with Crippen molar-refractivity contribution < 1.29 is 22.7 Å². The smallest absolute Gasteiger partial charge is 0.277 e. The Hall–Kier alpha value is -2.10. The minimum absolute atomic E-state index is 0.00587. The fourth-order valence-electron chi connectivity index (χ4n) is 2.52. The number of rotatable bonds is 6. The summed E-state index contributed by atoms with van der Waals surface area (Å²) >= 11 is 6.31. The Bertz CT molecular complexity index is 1020. The number of sulfone groups is 1. The normalized spacial score (nSPS) is 14.9. The predicted octanol–water partition coefficient (Wildman–Crippen LogP) is 1.26. The number of nitrogens with zero attached hydrogens (tertiary/aromatic N) is 1. The molecule has 0 radical (unpaired) electrons. The molecule has 10 heteroatoms. The Morgan fingerprint density at radius 3 is 2.58 bits per heavy atom. The van der Waals surface area contributed by atoms with Crippen molar-refractivity contribution in [2.45, 2.75) is 24.5 Å². The highest BCUT2D eigenvalue weighted by molar-refractivity contribution is 7.90. The fraction of sp³-hybridized carbons (Fsp3) is 0.375. The van der Waals surface area contributed by atoms with Crippen molar-refractivity contribution in [1.82, 2.24) is 9.78 Å². The van der Waals surface area contributed by atoms with Crippen LogP contribution in [0.25, 0.3) is 0 Å². The van der Waals surface area contributed by atoms with Crippen LogP contribution in [0.4, 0.5) is 0 Å². The molecule has 26 heavy (non-hydrogen) atoms. The Kier molecular flexibility index (Phi) is 4.96. The first-order chi connectivity index (χ1) is 12.2. The van der Waals surface area contributed by atoms with Gasteiger partial charge in [0.05, 0.1) is 18.2 Å². The molecule has 1 aliphatic heterocycles. The van der Waals surface area contributed by atoms with E-state index in [1.165, 1.54) is 23.0 Å². The molecule has 0 amide bonds. The van der Waals surface area contributed by atoms with E-state index in [4.69, 9.17) is 21.1 Å². The van der Waals surface area contributed by atoms with Gasteiger partial charge in [-0.25, -0.2) is 8.42 Å². The van der Waals surface area contributed by atoms with Gasteiger partial charge >= 0.3 is 0 Å². The number of carbonyl (C=O) groups is 1. The average Bonchev–Trinajstić information content (AvgIpc) is 2.90. The van der Waals surface area contributed by atoms with Gasteiger partial charge in [0.1, 0.15) is 16.6 Å². The van der Waals surface area contributed by atoms with Crippen LogP contribution in [0.15, 0.2) is 28.0 Å². The molecule has 1 aromatic heterocycles. The highest BCUT2D eigenvalue weighted by atomic mass is 35.5. The summed E-state index contributed by atoms with van der Waals surface area (Å²) in [4.78, 5) is 24.8. The molecule has 0 spiro atoms. The number of ketones is 1. The summed E-state index contributed by atoms with van der Waals surface area (Å²) in [5.74, 6) is -0.710. The van der Waals surface area contributed by atoms with Crippen molar-refractivity contribution >= 4 is 27.2 Å². The standard InChI is InChI=1S/C16H17ClN2O6S/c1-3-19-16(21)11(6-18-19)14(20)10-4-5-12(26(2,22)23)15(13(10)17)25-9-7-24-8-9/h4-6,9,18H,3,7-8H2,1-2H3. The molecule has 2 heterocycles. The first-order valence-electron chi connectivity index (χ1n) is 7.84. The topological polar surface area (TPSA) is 107 Å². The van der Waals surface area contributed by atoms with Crippen LogP contribution in [0.1, 0.15) is 22.8 Å². The quantitative estimate of drug-likeness (QED) is 0.731. The van der Waals surface area contributed by atoms with Crippen LogP contribution in [-0.4, -0.2) is 49.6 Å². The van der Waals surface area contributed by atoms with Gasteiger partial charge in [0, 0.05) is 24.6 Å². The number of ether oxygens (including phenoxy) is 2. The molecule has 1 fully saturated rings. The zero-order valence-electron chi connectivity index (χ0n) is 14.1. The molecule has 2 aromatic rings. The molecule has 0 aliphatic carbocycles. The van der Waals surface area contributed by atoms with E-state index in [2.05, 4.69) is 5.10 Å². The van der Waals surface area contributed by atoms with E-state index < -0.39 is 21.2 Å². The van der Waals surface area contributed by atoms with Gasteiger partial charge in [-0.15, -0.1) is 0 Å². The highest BCUT2D eigenvalue weighted by Gasteiger charge is 2.29. The Morgan fingerprint density at radius 2 is 2.08 bits per heavy atom. The number of nitrogens with one attached hydrogen (secondary N) is 1. The van der Waals surface area contributed by atoms with Crippen molar-refractivity contribution in [2.24, 2.45) is 0 Å². The van der Waals surface area contributed by atoms with E-state index in [0.717, 1.165) is 6.26 Å². The second-order valence-electron chi connectivity index (χ2n) is 5.87. The van der Waals surface area contributed by atoms with Crippen LogP contribution in [0, 0.1) is 0 Å². The molecule has 1 aromatic carbocycles. The number of carbonyl (C=O) groups excluding carboxylic acids is 1. The van der Waals surface area contributed by atoms with Crippen molar-refractivity contribution in [3.8, 4) is 5.75 Å². The third-order valence-electron chi connectivity index (χ3n) is 4.00. The third kappa shape index (κ3) is 3.29. The van der Waals surface area contributed by atoms with Crippen LogP contribution in [0.2, 0.25) is 5.02 Å². The molecule has 3 rings (SSSR count). The van der Waals surface area contributed by atoms with Crippen LogP contribution in [-0.2, 0) is 21.1 Å². The maximum atomic E-state index is 12.8. The van der Waals surface area contributed by atoms with E-state index in [-0.39, 0.29) is 32.9 Å². The van der Waals surface area contributed by atoms with Crippen molar-refractivity contribution in [3.63, 3.8) is 0 Å². The Balaban J connectivity index is 2.10. The summed E-state index contributed by atoms with van der Waals surface area (Å²) in [7, 11) is -3.63. The molecule has 1 saturated heterocycles. The molecule has 1 N–H and O–H groups in total. The van der Waals surface area contributed by atoms with Crippen LogP contribution >= 0.6 is 11.6 Å². The zero-order chi connectivity index (χ0) is 19.1. The molecule has 0 atom stereocenters. The number of hydrogen-bond donors (Lipinski definition) is 1. The molecule has 140 valence electrons. The number of halogens is 1. The Labute approximate surface area is 154 Å². The number of aromatic nitrogens is 2. The van der Waals surface area contributed by atoms with Gasteiger partial charge in [0.25, 0.3) is 5.56 Å². The largest absolute Gasteiger partial charge is 0.483 e. The summed E-state index contributed by atoms with van der Waals surface area (Å²) in [6.07, 6.45) is 1.98. The molecule has 1 aliphatic rings. The van der Waals surface area contributed by atoms with Crippen LogP contribution < -0.4 is 10.3 Å². The number of aromatic amines is 1. The molecule has 0 saturated carbocycles. The highest BCUT2D eigenvalue weighted by Crippen LogP contribution is 2.37. The van der Waals surface area contributed by atoms with Crippen molar-refractivity contribution in [3.05, 3.63) is 44.8 Å². The van der Waals surface area contributed by atoms with Gasteiger partial charge in [-0.05, 0) is 19.1 Å². The van der Waals surface area contributed by atoms with E-state index >= 15 is 0 Å². The number of hydrogen-bond acceptors (Lipinski definition) is 6. The Morgan fingerprint density at radius 1 is 1.38 bits per heavy atom. The maximum Gasteiger partial charge on any atom is 0.277 e. The second kappa shape index (κ2) is 6.90. The van der Waals surface area contributed by atoms with Gasteiger partial charge in [-0.2, -0.15) is 0 Å². The monoisotopic (exact) mass is 400 g/mol. The summed E-state index contributed by atoms with van der Waals surface area (Å²) in [6, 6.07) is 2.54. The SMILES string of the molecule is CCn1[nH]cc(C(=O)c2ccc(S(C)(=O)=O)c(OC3COC3)c2Cl)c1=O. The first kappa shape index (κ1) is 18.7.